The van der Waals surface area contributed by atoms with Gasteiger partial charge in [-0.15, -0.1) is 5.10 Å². The molecule has 0 bridgehead atoms. The minimum atomic E-state index is 0.564. The molecular formula is C11H8N8S. The van der Waals surface area contributed by atoms with Crippen LogP contribution in [-0.2, 0) is 0 Å². The third-order valence-corrected chi connectivity index (χ3v) is 3.50. The van der Waals surface area contributed by atoms with Gasteiger partial charge in [-0.3, -0.25) is 0 Å². The van der Waals surface area contributed by atoms with E-state index >= 15 is 0 Å². The van der Waals surface area contributed by atoms with Crippen LogP contribution in [0.2, 0.25) is 0 Å². The molecule has 4 rings (SSSR count). The molecule has 0 radical (unpaired) electrons. The highest BCUT2D eigenvalue weighted by atomic mass is 32.2. The Morgan fingerprint density at radius 2 is 2.10 bits per heavy atom. The van der Waals surface area contributed by atoms with Gasteiger partial charge in [0.05, 0.1) is 0 Å². The van der Waals surface area contributed by atoms with Crippen molar-refractivity contribution in [2.75, 3.05) is 0 Å². The number of hydrogen-bond donors (Lipinski definition) is 0. The van der Waals surface area contributed by atoms with Gasteiger partial charge in [0.1, 0.15) is 11.4 Å². The van der Waals surface area contributed by atoms with E-state index in [0.29, 0.717) is 16.7 Å². The summed E-state index contributed by atoms with van der Waals surface area (Å²) in [7, 11) is 0. The van der Waals surface area contributed by atoms with E-state index < -0.39 is 0 Å². The normalized spacial score (nSPS) is 11.4. The Kier molecular flexibility index (Phi) is 2.39. The molecule has 98 valence electrons. The van der Waals surface area contributed by atoms with Crippen LogP contribution in [-0.4, -0.2) is 39.2 Å². The molecule has 0 aliphatic rings. The van der Waals surface area contributed by atoms with Gasteiger partial charge in [0, 0.05) is 18.1 Å². The Morgan fingerprint density at radius 1 is 1.15 bits per heavy atom. The highest BCUT2D eigenvalue weighted by Crippen LogP contribution is 2.25. The molecule has 0 saturated carbocycles. The van der Waals surface area contributed by atoms with E-state index in [2.05, 4.69) is 30.1 Å². The first-order valence-electron chi connectivity index (χ1n) is 5.82. The summed E-state index contributed by atoms with van der Waals surface area (Å²) in [5.41, 5.74) is 0.870. The second-order valence-electron chi connectivity index (χ2n) is 4.07. The zero-order chi connectivity index (χ0) is 13.5. The number of aromatic nitrogens is 8. The van der Waals surface area contributed by atoms with E-state index in [1.807, 2.05) is 25.3 Å². The fraction of sp³-hybridized carbons (Fsp3) is 0.0909. The van der Waals surface area contributed by atoms with Crippen molar-refractivity contribution in [2.24, 2.45) is 0 Å². The molecule has 0 atom stereocenters. The number of nitrogens with zero attached hydrogens (tertiary/aromatic N) is 8. The Hall–Kier alpha value is -2.55. The first-order valence-corrected chi connectivity index (χ1v) is 6.64. The van der Waals surface area contributed by atoms with E-state index in [1.165, 1.54) is 18.1 Å². The molecule has 0 N–H and O–H groups in total. The molecule has 0 aliphatic carbocycles. The maximum atomic E-state index is 4.35. The lowest BCUT2D eigenvalue weighted by atomic mass is 10.5. The highest BCUT2D eigenvalue weighted by molar-refractivity contribution is 7.99. The van der Waals surface area contributed by atoms with Gasteiger partial charge in [-0.05, 0) is 30.8 Å². The molecule has 0 aliphatic heterocycles. The van der Waals surface area contributed by atoms with Crippen molar-refractivity contribution in [3.8, 4) is 0 Å². The Balaban J connectivity index is 1.81. The van der Waals surface area contributed by atoms with E-state index in [0.717, 1.165) is 10.7 Å². The van der Waals surface area contributed by atoms with E-state index in [9.17, 15) is 0 Å². The third kappa shape index (κ3) is 1.79. The summed E-state index contributed by atoms with van der Waals surface area (Å²) < 4.78 is 3.30. The van der Waals surface area contributed by atoms with Gasteiger partial charge < -0.3 is 0 Å². The van der Waals surface area contributed by atoms with Crippen molar-refractivity contribution in [2.45, 2.75) is 17.1 Å². The van der Waals surface area contributed by atoms with E-state index in [-0.39, 0.29) is 0 Å². The van der Waals surface area contributed by atoms with Crippen molar-refractivity contribution in [1.82, 2.24) is 39.2 Å². The van der Waals surface area contributed by atoms with Crippen LogP contribution in [0.4, 0.5) is 0 Å². The molecule has 0 amide bonds. The third-order valence-electron chi connectivity index (χ3n) is 2.64. The van der Waals surface area contributed by atoms with Crippen molar-refractivity contribution in [3.05, 3.63) is 36.5 Å². The molecule has 0 fully saturated rings. The van der Waals surface area contributed by atoms with Crippen LogP contribution in [0.15, 0.2) is 41.0 Å². The maximum absolute atomic E-state index is 4.35. The zero-order valence-electron chi connectivity index (χ0n) is 10.4. The summed E-state index contributed by atoms with van der Waals surface area (Å²) in [6.07, 6.45) is 4.97. The summed E-state index contributed by atoms with van der Waals surface area (Å²) in [5, 5.41) is 9.97. The van der Waals surface area contributed by atoms with Crippen molar-refractivity contribution in [1.29, 1.82) is 0 Å². The zero-order valence-corrected chi connectivity index (χ0v) is 11.2. The quantitative estimate of drug-likeness (QED) is 0.508. The average molecular weight is 284 g/mol. The number of aryl methyl sites for hydroxylation is 1. The first-order chi connectivity index (χ1) is 9.79. The molecule has 0 saturated heterocycles. The first kappa shape index (κ1) is 11.3. The molecule has 20 heavy (non-hydrogen) atoms. The SMILES string of the molecule is Cc1cc(Sc2nc3ncccn3n2)n2ncnc2n1. The van der Waals surface area contributed by atoms with Crippen LogP contribution in [0, 0.1) is 6.92 Å². The van der Waals surface area contributed by atoms with Gasteiger partial charge in [-0.1, -0.05) is 0 Å². The van der Waals surface area contributed by atoms with Crippen LogP contribution in [0.5, 0.6) is 0 Å². The van der Waals surface area contributed by atoms with Crippen LogP contribution >= 0.6 is 11.8 Å². The summed E-state index contributed by atoms with van der Waals surface area (Å²) in [5.74, 6) is 1.13. The number of fused-ring (bicyclic) bond motifs is 2. The molecule has 9 heteroatoms. The fourth-order valence-electron chi connectivity index (χ4n) is 1.82. The lowest BCUT2D eigenvalue weighted by Crippen LogP contribution is -1.97. The standard InChI is InChI=1S/C11H8N8S/c1-7-5-8(19-10(15-7)13-6-14-19)20-11-16-9-12-3-2-4-18(9)17-11/h2-6H,1H3. The lowest BCUT2D eigenvalue weighted by molar-refractivity contribution is 0.825. The van der Waals surface area contributed by atoms with Crippen molar-refractivity contribution < 1.29 is 0 Å². The minimum Gasteiger partial charge on any atom is -0.220 e. The predicted octanol–water partition coefficient (Wildman–Crippen LogP) is 1.02. The Labute approximate surface area is 116 Å². The topological polar surface area (TPSA) is 86.2 Å². The summed E-state index contributed by atoms with van der Waals surface area (Å²) in [6, 6.07) is 3.73. The van der Waals surface area contributed by atoms with Crippen LogP contribution < -0.4 is 0 Å². The molecule has 0 aromatic carbocycles. The number of hydrogen-bond acceptors (Lipinski definition) is 7. The van der Waals surface area contributed by atoms with Gasteiger partial charge in [-0.2, -0.15) is 19.6 Å². The van der Waals surface area contributed by atoms with E-state index in [1.54, 1.807) is 15.2 Å². The molecule has 8 nitrogen and oxygen atoms in total. The Bertz CT molecular complexity index is 878. The molecular weight excluding hydrogens is 276 g/mol. The lowest BCUT2D eigenvalue weighted by Gasteiger charge is -2.01. The van der Waals surface area contributed by atoms with Crippen LogP contribution in [0.3, 0.4) is 0 Å². The van der Waals surface area contributed by atoms with Crippen LogP contribution in [0.25, 0.3) is 11.6 Å². The summed E-state index contributed by atoms with van der Waals surface area (Å²) in [4.78, 5) is 16.9. The summed E-state index contributed by atoms with van der Waals surface area (Å²) in [6.45, 7) is 1.91. The molecule has 4 aromatic rings. The molecule has 4 aromatic heterocycles. The predicted molar refractivity (Wildman–Crippen MR) is 70.4 cm³/mol. The largest absolute Gasteiger partial charge is 0.253 e. The summed E-state index contributed by atoms with van der Waals surface area (Å²) >= 11 is 1.40. The minimum absolute atomic E-state index is 0.564. The van der Waals surface area contributed by atoms with Gasteiger partial charge >= 0.3 is 0 Å². The van der Waals surface area contributed by atoms with Gasteiger partial charge in [0.2, 0.25) is 5.16 Å². The second kappa shape index (κ2) is 4.23. The van der Waals surface area contributed by atoms with Crippen molar-refractivity contribution in [3.63, 3.8) is 0 Å². The molecule has 0 unspecified atom stereocenters. The van der Waals surface area contributed by atoms with Crippen molar-refractivity contribution >= 4 is 23.3 Å². The fourth-order valence-corrected chi connectivity index (χ4v) is 2.71. The molecule has 0 spiro atoms. The van der Waals surface area contributed by atoms with E-state index in [4.69, 9.17) is 0 Å². The van der Waals surface area contributed by atoms with Gasteiger partial charge in [0.15, 0.2) is 0 Å². The second-order valence-corrected chi connectivity index (χ2v) is 5.06. The van der Waals surface area contributed by atoms with Gasteiger partial charge in [-0.25, -0.2) is 14.5 Å². The highest BCUT2D eigenvalue weighted by Gasteiger charge is 2.11. The smallest absolute Gasteiger partial charge is 0.220 e. The number of rotatable bonds is 2. The Morgan fingerprint density at radius 3 is 3.00 bits per heavy atom. The maximum Gasteiger partial charge on any atom is 0.253 e. The van der Waals surface area contributed by atoms with Gasteiger partial charge in [0.25, 0.3) is 11.6 Å². The molecule has 4 heterocycles. The average Bonchev–Trinajstić information content (AvgIpc) is 3.03. The monoisotopic (exact) mass is 284 g/mol. The van der Waals surface area contributed by atoms with Crippen LogP contribution in [0.1, 0.15) is 5.69 Å².